The van der Waals surface area contributed by atoms with Crippen LogP contribution in [0.2, 0.25) is 0 Å². The number of hydrogen-bond donors (Lipinski definition) is 1. The van der Waals surface area contributed by atoms with Crippen LogP contribution in [0, 0.1) is 6.92 Å². The average molecular weight is 355 g/mol. The van der Waals surface area contributed by atoms with Crippen LogP contribution in [0.4, 0.5) is 0 Å². The first-order chi connectivity index (χ1) is 13.3. The van der Waals surface area contributed by atoms with Crippen molar-refractivity contribution in [1.29, 1.82) is 0 Å². The Bertz CT molecular complexity index is 908. The van der Waals surface area contributed by atoms with Crippen molar-refractivity contribution < 1.29 is 0 Å². The van der Waals surface area contributed by atoms with E-state index in [1.165, 1.54) is 27.8 Å². The molecule has 0 amide bonds. The zero-order chi connectivity index (χ0) is 18.2. The monoisotopic (exact) mass is 355 g/mol. The summed E-state index contributed by atoms with van der Waals surface area (Å²) in [7, 11) is 0. The molecular weight excluding hydrogens is 330 g/mol. The Balaban J connectivity index is 1.36. The minimum absolute atomic E-state index is 0.577. The number of likely N-dealkylation sites (tertiary alicyclic amines) is 1. The van der Waals surface area contributed by atoms with Crippen molar-refractivity contribution in [2.75, 3.05) is 13.1 Å². The Morgan fingerprint density at radius 2 is 1.74 bits per heavy atom. The van der Waals surface area contributed by atoms with E-state index in [9.17, 15) is 0 Å². The molecule has 3 heterocycles. The molecule has 1 unspecified atom stereocenters. The molecule has 2 saturated heterocycles. The summed E-state index contributed by atoms with van der Waals surface area (Å²) in [5.74, 6) is 0.633. The lowest BCUT2D eigenvalue weighted by atomic mass is 9.72. The van der Waals surface area contributed by atoms with Gasteiger partial charge in [0.05, 0.1) is 0 Å². The van der Waals surface area contributed by atoms with Crippen LogP contribution in [0.25, 0.3) is 11.1 Å². The quantitative estimate of drug-likeness (QED) is 0.767. The molecule has 3 aromatic rings. The summed E-state index contributed by atoms with van der Waals surface area (Å²) in [6, 6.07) is 23.3. The SMILES string of the molecule is Cc1ccccc1-c1ccc(C2[C@H]3CNC[C@@H]2N3Cc2cccnc2)cc1. The fraction of sp³-hybridized carbons (Fsp3) is 0.292. The Morgan fingerprint density at radius 1 is 0.963 bits per heavy atom. The van der Waals surface area contributed by atoms with Crippen LogP contribution in [0.3, 0.4) is 0 Å². The first-order valence-corrected chi connectivity index (χ1v) is 9.82. The Hall–Kier alpha value is -2.49. The van der Waals surface area contributed by atoms with Gasteiger partial charge in [-0.2, -0.15) is 0 Å². The summed E-state index contributed by atoms with van der Waals surface area (Å²) < 4.78 is 0. The van der Waals surface area contributed by atoms with Gasteiger partial charge in [0.15, 0.2) is 0 Å². The molecule has 2 fully saturated rings. The fourth-order valence-corrected chi connectivity index (χ4v) is 4.84. The fourth-order valence-electron chi connectivity index (χ4n) is 4.84. The van der Waals surface area contributed by atoms with Crippen LogP contribution in [0.1, 0.15) is 22.6 Å². The standard InChI is InChI=1S/C24H25N3/c1-17-5-2-3-7-21(17)19-8-10-20(11-9-19)24-22-14-26-15-23(24)27(22)16-18-6-4-12-25-13-18/h2-13,22-24,26H,14-16H2,1H3/t22-,23+,24?. The van der Waals surface area contributed by atoms with Gasteiger partial charge in [-0.15, -0.1) is 0 Å². The van der Waals surface area contributed by atoms with E-state index in [1.54, 1.807) is 0 Å². The van der Waals surface area contributed by atoms with E-state index in [0.717, 1.165) is 19.6 Å². The molecule has 3 atom stereocenters. The number of aromatic nitrogens is 1. The summed E-state index contributed by atoms with van der Waals surface area (Å²) in [5.41, 5.74) is 6.76. The second kappa shape index (κ2) is 6.91. The molecule has 2 aliphatic heterocycles. The van der Waals surface area contributed by atoms with Crippen molar-refractivity contribution in [3.8, 4) is 11.1 Å². The van der Waals surface area contributed by atoms with E-state index in [2.05, 4.69) is 76.7 Å². The Kier molecular flexibility index (Phi) is 4.27. The number of piperidine rings is 1. The number of rotatable bonds is 4. The zero-order valence-corrected chi connectivity index (χ0v) is 15.7. The van der Waals surface area contributed by atoms with Crippen molar-refractivity contribution in [3.63, 3.8) is 0 Å². The van der Waals surface area contributed by atoms with Crippen LogP contribution >= 0.6 is 0 Å². The van der Waals surface area contributed by atoms with Crippen LogP contribution in [0.15, 0.2) is 73.1 Å². The molecule has 2 aromatic carbocycles. The molecule has 0 radical (unpaired) electrons. The first kappa shape index (κ1) is 16.7. The highest BCUT2D eigenvalue weighted by Gasteiger charge is 2.50. The summed E-state index contributed by atoms with van der Waals surface area (Å²) in [4.78, 5) is 6.92. The van der Waals surface area contributed by atoms with E-state index >= 15 is 0 Å². The molecule has 1 N–H and O–H groups in total. The highest BCUT2D eigenvalue weighted by Crippen LogP contribution is 2.43. The zero-order valence-electron chi connectivity index (χ0n) is 15.7. The number of piperazine rings is 1. The van der Waals surface area contributed by atoms with E-state index in [0.29, 0.717) is 18.0 Å². The van der Waals surface area contributed by atoms with E-state index < -0.39 is 0 Å². The number of nitrogens with one attached hydrogen (secondary N) is 1. The molecule has 2 aliphatic rings. The third-order valence-electron chi connectivity index (χ3n) is 6.23. The average Bonchev–Trinajstić information content (AvgIpc) is 2.73. The molecule has 0 spiro atoms. The number of pyridine rings is 1. The molecule has 0 aliphatic carbocycles. The van der Waals surface area contributed by atoms with Gasteiger partial charge in [0.25, 0.3) is 0 Å². The summed E-state index contributed by atoms with van der Waals surface area (Å²) in [6.45, 7) is 5.33. The minimum Gasteiger partial charge on any atom is -0.314 e. The molecule has 2 bridgehead atoms. The summed E-state index contributed by atoms with van der Waals surface area (Å²) >= 11 is 0. The first-order valence-electron chi connectivity index (χ1n) is 9.82. The number of fused-ring (bicyclic) bond motifs is 2. The largest absolute Gasteiger partial charge is 0.314 e. The normalized spacial score (nSPS) is 24.4. The lowest BCUT2D eigenvalue weighted by Crippen LogP contribution is -2.72. The second-order valence-corrected chi connectivity index (χ2v) is 7.79. The van der Waals surface area contributed by atoms with E-state index in [-0.39, 0.29) is 0 Å². The van der Waals surface area contributed by atoms with Gasteiger partial charge in [0.1, 0.15) is 0 Å². The maximum Gasteiger partial charge on any atom is 0.0312 e. The summed E-state index contributed by atoms with van der Waals surface area (Å²) in [6.07, 6.45) is 3.84. The lowest BCUT2D eigenvalue weighted by molar-refractivity contribution is -0.0484. The number of aryl methyl sites for hydroxylation is 1. The van der Waals surface area contributed by atoms with Gasteiger partial charge in [-0.3, -0.25) is 9.88 Å². The van der Waals surface area contributed by atoms with Gasteiger partial charge in [0, 0.05) is 50.0 Å². The maximum absolute atomic E-state index is 4.27. The predicted octanol–water partition coefficient (Wildman–Crippen LogP) is 4.00. The highest BCUT2D eigenvalue weighted by atomic mass is 15.3. The van der Waals surface area contributed by atoms with Gasteiger partial charge in [-0.1, -0.05) is 54.6 Å². The molecule has 3 nitrogen and oxygen atoms in total. The van der Waals surface area contributed by atoms with Crippen molar-refractivity contribution in [2.45, 2.75) is 31.5 Å². The number of nitrogens with zero attached hydrogens (tertiary/aromatic N) is 2. The van der Waals surface area contributed by atoms with Crippen LogP contribution in [0.5, 0.6) is 0 Å². The molecule has 5 rings (SSSR count). The highest BCUT2D eigenvalue weighted by molar-refractivity contribution is 5.67. The number of hydrogen-bond acceptors (Lipinski definition) is 3. The maximum atomic E-state index is 4.27. The topological polar surface area (TPSA) is 28.2 Å². The van der Waals surface area contributed by atoms with Crippen LogP contribution in [-0.4, -0.2) is 35.1 Å². The third-order valence-corrected chi connectivity index (χ3v) is 6.23. The summed E-state index contributed by atoms with van der Waals surface area (Å²) in [5, 5.41) is 3.59. The van der Waals surface area contributed by atoms with Gasteiger partial charge in [0.2, 0.25) is 0 Å². The molecule has 27 heavy (non-hydrogen) atoms. The van der Waals surface area contributed by atoms with Gasteiger partial charge < -0.3 is 5.32 Å². The van der Waals surface area contributed by atoms with Crippen molar-refractivity contribution in [2.24, 2.45) is 0 Å². The smallest absolute Gasteiger partial charge is 0.0312 e. The third kappa shape index (κ3) is 2.97. The minimum atomic E-state index is 0.577. The number of benzene rings is 2. The predicted molar refractivity (Wildman–Crippen MR) is 110 cm³/mol. The van der Waals surface area contributed by atoms with E-state index in [1.807, 2.05) is 18.5 Å². The van der Waals surface area contributed by atoms with E-state index in [4.69, 9.17) is 0 Å². The van der Waals surface area contributed by atoms with Crippen molar-refractivity contribution >= 4 is 0 Å². The van der Waals surface area contributed by atoms with Crippen molar-refractivity contribution in [1.82, 2.24) is 15.2 Å². The molecular formula is C24H25N3. The molecule has 1 aromatic heterocycles. The Labute approximate surface area is 161 Å². The van der Waals surface area contributed by atoms with Crippen molar-refractivity contribution in [3.05, 3.63) is 89.7 Å². The van der Waals surface area contributed by atoms with Gasteiger partial charge in [-0.25, -0.2) is 0 Å². The molecule has 136 valence electrons. The van der Waals surface area contributed by atoms with Crippen LogP contribution in [-0.2, 0) is 6.54 Å². The van der Waals surface area contributed by atoms with Crippen LogP contribution < -0.4 is 5.32 Å². The Morgan fingerprint density at radius 3 is 2.44 bits per heavy atom. The molecule has 0 saturated carbocycles. The molecule has 3 heteroatoms. The lowest BCUT2D eigenvalue weighted by Gasteiger charge is -2.59. The van der Waals surface area contributed by atoms with Gasteiger partial charge >= 0.3 is 0 Å². The second-order valence-electron chi connectivity index (χ2n) is 7.79. The van der Waals surface area contributed by atoms with Gasteiger partial charge in [-0.05, 0) is 40.8 Å².